The zero-order valence-corrected chi connectivity index (χ0v) is 12.4. The maximum atomic E-state index is 11.9. The van der Waals surface area contributed by atoms with Crippen molar-refractivity contribution < 1.29 is 12.9 Å². The summed E-state index contributed by atoms with van der Waals surface area (Å²) in [5, 5.41) is 3.74. The van der Waals surface area contributed by atoms with Crippen LogP contribution in [-0.2, 0) is 16.6 Å². The summed E-state index contributed by atoms with van der Waals surface area (Å²) in [6.07, 6.45) is 3.29. The number of aromatic nitrogens is 2. The largest absolute Gasteiger partial charge is 0.340 e. The molecule has 0 spiro atoms. The number of hydrogen-bond donors (Lipinski definition) is 1. The minimum Gasteiger partial charge on any atom is -0.340 e. The van der Waals surface area contributed by atoms with Crippen LogP contribution in [0.1, 0.15) is 37.4 Å². The third-order valence-electron chi connectivity index (χ3n) is 3.82. The Morgan fingerprint density at radius 2 is 2.00 bits per heavy atom. The Kier molecular flexibility index (Phi) is 3.78. The third kappa shape index (κ3) is 3.36. The molecule has 1 aliphatic carbocycles. The fraction of sp³-hybridized carbons (Fsp3) is 0.833. The molecule has 0 aromatic carbocycles. The molecule has 1 N–H and O–H groups in total. The minimum atomic E-state index is -3.07. The van der Waals surface area contributed by atoms with E-state index in [-0.39, 0.29) is 11.3 Å². The van der Waals surface area contributed by atoms with Crippen LogP contribution in [-0.4, -0.2) is 47.8 Å². The molecule has 2 fully saturated rings. The molecule has 1 saturated heterocycles. The van der Waals surface area contributed by atoms with Crippen molar-refractivity contribution in [2.24, 2.45) is 0 Å². The van der Waals surface area contributed by atoms with Crippen molar-refractivity contribution in [2.75, 3.05) is 13.1 Å². The highest BCUT2D eigenvalue weighted by molar-refractivity contribution is 7.90. The normalized spacial score (nSPS) is 22.2. The Bertz CT molecular complexity index is 559. The molecule has 0 bridgehead atoms. The summed E-state index contributed by atoms with van der Waals surface area (Å²) in [5.74, 6) is 1.27. The Morgan fingerprint density at radius 3 is 2.55 bits per heavy atom. The fourth-order valence-corrected chi connectivity index (χ4v) is 4.17. The number of nitrogens with one attached hydrogen (secondary N) is 1. The van der Waals surface area contributed by atoms with Gasteiger partial charge >= 0.3 is 0 Å². The van der Waals surface area contributed by atoms with E-state index in [0.29, 0.717) is 18.3 Å². The highest BCUT2D eigenvalue weighted by Gasteiger charge is 2.37. The Hall–Kier alpha value is -0.990. The van der Waals surface area contributed by atoms with Gasteiger partial charge in [0.05, 0.1) is 11.8 Å². The van der Waals surface area contributed by atoms with E-state index in [4.69, 9.17) is 4.52 Å². The third-order valence-corrected chi connectivity index (χ3v) is 5.83. The van der Waals surface area contributed by atoms with Gasteiger partial charge in [-0.25, -0.2) is 13.1 Å². The molecule has 0 radical (unpaired) electrons. The Balaban J connectivity index is 1.47. The molecule has 1 aromatic heterocycles. The number of likely N-dealkylation sites (tertiary alicyclic amines) is 1. The van der Waals surface area contributed by atoms with Gasteiger partial charge in [-0.2, -0.15) is 4.98 Å². The molecule has 0 atom stereocenters. The molecule has 8 heteroatoms. The van der Waals surface area contributed by atoms with E-state index < -0.39 is 10.0 Å². The van der Waals surface area contributed by atoms with Gasteiger partial charge in [0.15, 0.2) is 5.82 Å². The number of piperidine rings is 1. The molecule has 0 unspecified atom stereocenters. The van der Waals surface area contributed by atoms with Crippen LogP contribution in [0.25, 0.3) is 0 Å². The van der Waals surface area contributed by atoms with E-state index in [9.17, 15) is 8.42 Å². The summed E-state index contributed by atoms with van der Waals surface area (Å²) >= 11 is 0. The van der Waals surface area contributed by atoms with E-state index in [1.165, 1.54) is 0 Å². The van der Waals surface area contributed by atoms with E-state index in [2.05, 4.69) is 19.8 Å². The lowest BCUT2D eigenvalue weighted by Gasteiger charge is -2.31. The van der Waals surface area contributed by atoms with Crippen molar-refractivity contribution in [2.45, 2.75) is 50.4 Å². The molecule has 1 aromatic rings. The van der Waals surface area contributed by atoms with Crippen LogP contribution in [0, 0.1) is 6.92 Å². The van der Waals surface area contributed by atoms with Gasteiger partial charge in [0.1, 0.15) is 0 Å². The van der Waals surface area contributed by atoms with Crippen molar-refractivity contribution in [1.82, 2.24) is 19.8 Å². The van der Waals surface area contributed by atoms with E-state index >= 15 is 0 Å². The van der Waals surface area contributed by atoms with Gasteiger partial charge < -0.3 is 4.52 Å². The maximum Gasteiger partial charge on any atom is 0.223 e. The summed E-state index contributed by atoms with van der Waals surface area (Å²) in [4.78, 5) is 6.41. The molecule has 112 valence electrons. The van der Waals surface area contributed by atoms with Crippen LogP contribution in [0.3, 0.4) is 0 Å². The maximum absolute atomic E-state index is 11.9. The second-order valence-corrected chi connectivity index (χ2v) is 7.63. The van der Waals surface area contributed by atoms with Crippen molar-refractivity contribution in [3.63, 3.8) is 0 Å². The zero-order chi connectivity index (χ0) is 14.2. The number of sulfonamides is 1. The highest BCUT2D eigenvalue weighted by Crippen LogP contribution is 2.28. The summed E-state index contributed by atoms with van der Waals surface area (Å²) in [6, 6.07) is 0.0730. The fourth-order valence-electron chi connectivity index (χ4n) is 2.52. The van der Waals surface area contributed by atoms with E-state index in [0.717, 1.165) is 38.8 Å². The second kappa shape index (κ2) is 5.42. The van der Waals surface area contributed by atoms with Crippen LogP contribution in [0.2, 0.25) is 0 Å². The molecule has 2 aliphatic rings. The molecule has 7 nitrogen and oxygen atoms in total. The summed E-state index contributed by atoms with van der Waals surface area (Å²) < 4.78 is 31.5. The molecule has 1 saturated carbocycles. The summed E-state index contributed by atoms with van der Waals surface area (Å²) in [6.45, 7) is 4.14. The van der Waals surface area contributed by atoms with Crippen LogP contribution < -0.4 is 4.72 Å². The minimum absolute atomic E-state index is 0.0730. The molecule has 0 amide bonds. The van der Waals surface area contributed by atoms with Gasteiger partial charge in [0.25, 0.3) is 0 Å². The molecular formula is C12H20N4O3S. The smallest absolute Gasteiger partial charge is 0.223 e. The average Bonchev–Trinajstić information content (AvgIpc) is 3.17. The highest BCUT2D eigenvalue weighted by atomic mass is 32.2. The predicted octanol–water partition coefficient (Wildman–Crippen LogP) is 0.424. The van der Waals surface area contributed by atoms with Gasteiger partial charge in [0.2, 0.25) is 15.9 Å². The van der Waals surface area contributed by atoms with Gasteiger partial charge in [0, 0.05) is 26.1 Å². The number of aryl methyl sites for hydroxylation is 1. The molecular weight excluding hydrogens is 280 g/mol. The van der Waals surface area contributed by atoms with E-state index in [1.807, 2.05) is 0 Å². The topological polar surface area (TPSA) is 88.3 Å². The first-order chi connectivity index (χ1) is 9.53. The Labute approximate surface area is 118 Å². The zero-order valence-electron chi connectivity index (χ0n) is 11.6. The van der Waals surface area contributed by atoms with Crippen molar-refractivity contribution in [1.29, 1.82) is 0 Å². The molecule has 3 rings (SSSR count). The number of hydrogen-bond acceptors (Lipinski definition) is 6. The molecule has 2 heterocycles. The number of nitrogens with zero attached hydrogens (tertiary/aromatic N) is 3. The first kappa shape index (κ1) is 14.0. The van der Waals surface area contributed by atoms with Gasteiger partial charge in [-0.15, -0.1) is 0 Å². The van der Waals surface area contributed by atoms with Crippen LogP contribution in [0.5, 0.6) is 0 Å². The monoisotopic (exact) mass is 300 g/mol. The molecule has 1 aliphatic heterocycles. The van der Waals surface area contributed by atoms with Crippen molar-refractivity contribution in [3.8, 4) is 0 Å². The van der Waals surface area contributed by atoms with Gasteiger partial charge in [-0.3, -0.25) is 4.90 Å². The quantitative estimate of drug-likeness (QED) is 0.848. The van der Waals surface area contributed by atoms with Gasteiger partial charge in [-0.1, -0.05) is 5.16 Å². The standard InChI is InChI=1S/C12H20N4O3S/c1-9-13-12(14-19-9)8-16-6-4-10(5-7-16)15-20(17,18)11-2-3-11/h10-11,15H,2-8H2,1H3. The summed E-state index contributed by atoms with van der Waals surface area (Å²) in [5.41, 5.74) is 0. The first-order valence-electron chi connectivity index (χ1n) is 7.05. The van der Waals surface area contributed by atoms with Crippen LogP contribution in [0.4, 0.5) is 0 Å². The van der Waals surface area contributed by atoms with Crippen molar-refractivity contribution in [3.05, 3.63) is 11.7 Å². The summed E-state index contributed by atoms with van der Waals surface area (Å²) in [7, 11) is -3.07. The second-order valence-electron chi connectivity index (χ2n) is 5.64. The lowest BCUT2D eigenvalue weighted by Crippen LogP contribution is -2.45. The van der Waals surface area contributed by atoms with Crippen molar-refractivity contribution >= 4 is 10.0 Å². The average molecular weight is 300 g/mol. The van der Waals surface area contributed by atoms with Gasteiger partial charge in [-0.05, 0) is 25.7 Å². The van der Waals surface area contributed by atoms with Crippen LogP contribution >= 0.6 is 0 Å². The Morgan fingerprint density at radius 1 is 1.30 bits per heavy atom. The number of rotatable bonds is 5. The lowest BCUT2D eigenvalue weighted by molar-refractivity contribution is 0.193. The predicted molar refractivity (Wildman–Crippen MR) is 72.4 cm³/mol. The SMILES string of the molecule is Cc1nc(CN2CCC(NS(=O)(=O)C3CC3)CC2)no1. The lowest BCUT2D eigenvalue weighted by atomic mass is 10.1. The van der Waals surface area contributed by atoms with Crippen LogP contribution in [0.15, 0.2) is 4.52 Å². The molecule has 20 heavy (non-hydrogen) atoms. The first-order valence-corrected chi connectivity index (χ1v) is 8.60. The van der Waals surface area contributed by atoms with E-state index in [1.54, 1.807) is 6.92 Å².